The number of aromatic nitrogens is 2. The van der Waals surface area contributed by atoms with Crippen molar-refractivity contribution < 1.29 is 13.9 Å². The maximum absolute atomic E-state index is 15.8. The van der Waals surface area contributed by atoms with Crippen molar-refractivity contribution in [2.45, 2.75) is 98.4 Å². The Hall–Kier alpha value is -1.44. The number of rotatable bonds is 13. The Morgan fingerprint density at radius 3 is 2.15 bits per heavy atom. The molecule has 0 atom stereocenters. The van der Waals surface area contributed by atoms with Crippen molar-refractivity contribution in [2.75, 3.05) is 6.61 Å². The Bertz CT molecular complexity index is 1010. The van der Waals surface area contributed by atoms with Gasteiger partial charge in [-0.05, 0) is 0 Å². The quantitative estimate of drug-likeness (QED) is 0.218. The Labute approximate surface area is 201 Å². The normalized spacial score (nSPS) is 14.1. The zero-order chi connectivity index (χ0) is 24.0. The first-order valence-electron chi connectivity index (χ1n) is 12.8. The van der Waals surface area contributed by atoms with Gasteiger partial charge in [0.1, 0.15) is 0 Å². The van der Waals surface area contributed by atoms with Crippen LogP contribution in [0, 0.1) is 5.82 Å². The molecular formula is C26H39FN2O3Sn. The van der Waals surface area contributed by atoms with Gasteiger partial charge in [0.15, 0.2) is 0 Å². The Kier molecular flexibility index (Phi) is 9.36. The van der Waals surface area contributed by atoms with Crippen molar-refractivity contribution in [2.24, 2.45) is 0 Å². The van der Waals surface area contributed by atoms with Crippen LogP contribution in [-0.2, 0) is 4.74 Å². The van der Waals surface area contributed by atoms with Gasteiger partial charge in [0.05, 0.1) is 0 Å². The number of hydrogen-bond acceptors (Lipinski definition) is 4. The van der Waals surface area contributed by atoms with Gasteiger partial charge in [0.2, 0.25) is 0 Å². The third kappa shape index (κ3) is 5.80. The first-order chi connectivity index (χ1) is 15.9. The van der Waals surface area contributed by atoms with Gasteiger partial charge in [-0.15, -0.1) is 0 Å². The van der Waals surface area contributed by atoms with Crippen molar-refractivity contribution in [1.29, 1.82) is 0 Å². The van der Waals surface area contributed by atoms with Crippen LogP contribution in [-0.4, -0.2) is 40.5 Å². The third-order valence-corrected chi connectivity index (χ3v) is 22.0. The molecule has 0 N–H and O–H groups in total. The van der Waals surface area contributed by atoms with Gasteiger partial charge in [-0.1, -0.05) is 0 Å². The molecule has 2 aromatic rings. The number of esters is 1. The van der Waals surface area contributed by atoms with Crippen molar-refractivity contribution >= 4 is 39.1 Å². The molecule has 0 unspecified atom stereocenters. The summed E-state index contributed by atoms with van der Waals surface area (Å²) in [5.74, 6) is -0.979. The van der Waals surface area contributed by atoms with Crippen LogP contribution in [0.5, 0.6) is 0 Å². The molecule has 2 heterocycles. The molecule has 0 bridgehead atoms. The molecule has 0 saturated heterocycles. The van der Waals surface area contributed by atoms with Crippen molar-refractivity contribution in [3.63, 3.8) is 0 Å². The summed E-state index contributed by atoms with van der Waals surface area (Å²) in [6.45, 7) is 8.49. The Morgan fingerprint density at radius 2 is 1.67 bits per heavy atom. The van der Waals surface area contributed by atoms with Crippen molar-refractivity contribution in [1.82, 2.24) is 9.55 Å². The van der Waals surface area contributed by atoms with E-state index >= 15 is 4.39 Å². The average Bonchev–Trinajstić information content (AvgIpc) is 3.65. The van der Waals surface area contributed by atoms with Gasteiger partial charge in [-0.25, -0.2) is 0 Å². The van der Waals surface area contributed by atoms with Crippen LogP contribution < -0.4 is 9.14 Å². The number of unbranched alkanes of at least 4 members (excludes halogenated alkanes) is 3. The van der Waals surface area contributed by atoms with E-state index in [0.717, 1.165) is 64.7 Å². The molecular weight excluding hydrogens is 526 g/mol. The molecule has 1 saturated carbocycles. The van der Waals surface area contributed by atoms with Crippen LogP contribution in [0.2, 0.25) is 13.3 Å². The molecule has 0 aromatic carbocycles. The summed E-state index contributed by atoms with van der Waals surface area (Å²) in [4.78, 5) is 30.6. The topological polar surface area (TPSA) is 61.2 Å². The fourth-order valence-electron chi connectivity index (χ4n) is 4.88. The summed E-state index contributed by atoms with van der Waals surface area (Å²) in [5, 5.41) is 0.204. The van der Waals surface area contributed by atoms with Crippen LogP contribution in [0.1, 0.15) is 95.5 Å². The fourth-order valence-corrected chi connectivity index (χ4v) is 20.5. The number of carbonyl (C=O) groups excluding carboxylic acids is 1. The van der Waals surface area contributed by atoms with Crippen molar-refractivity contribution in [3.8, 4) is 0 Å². The van der Waals surface area contributed by atoms with Crippen LogP contribution in [0.25, 0.3) is 11.0 Å². The molecule has 182 valence electrons. The van der Waals surface area contributed by atoms with E-state index in [1.807, 2.05) is 4.57 Å². The number of nitrogens with zero attached hydrogens (tertiary/aromatic N) is 2. The van der Waals surface area contributed by atoms with E-state index in [0.29, 0.717) is 9.36 Å². The Balaban J connectivity index is 2.24. The number of hydrogen-bond donors (Lipinski definition) is 0. The van der Waals surface area contributed by atoms with E-state index in [4.69, 9.17) is 9.72 Å². The number of ether oxygens (including phenoxy) is 1. The molecule has 5 nitrogen and oxygen atoms in total. The minimum atomic E-state index is -3.15. The first kappa shape index (κ1) is 26.2. The van der Waals surface area contributed by atoms with Gasteiger partial charge in [-0.2, -0.15) is 0 Å². The van der Waals surface area contributed by atoms with E-state index in [1.54, 1.807) is 13.1 Å². The average molecular weight is 565 g/mol. The molecule has 0 amide bonds. The molecule has 33 heavy (non-hydrogen) atoms. The van der Waals surface area contributed by atoms with Gasteiger partial charge in [-0.3, -0.25) is 0 Å². The second-order valence-corrected chi connectivity index (χ2v) is 22.5. The molecule has 3 rings (SSSR count). The summed E-state index contributed by atoms with van der Waals surface area (Å²) >= 11 is -3.15. The zero-order valence-electron chi connectivity index (χ0n) is 20.7. The summed E-state index contributed by atoms with van der Waals surface area (Å²) in [5.41, 5.74) is 0.0511. The van der Waals surface area contributed by atoms with Crippen LogP contribution in [0.3, 0.4) is 0 Å². The molecule has 1 fully saturated rings. The van der Waals surface area contributed by atoms with E-state index in [-0.39, 0.29) is 29.4 Å². The van der Waals surface area contributed by atoms with Crippen LogP contribution in [0.4, 0.5) is 4.39 Å². The maximum atomic E-state index is 15.8. The van der Waals surface area contributed by atoms with E-state index in [9.17, 15) is 9.59 Å². The summed E-state index contributed by atoms with van der Waals surface area (Å²) in [6, 6.07) is 1.59. The number of halogens is 1. The number of carbonyl (C=O) groups is 1. The SMILES string of the molecule is CCC[CH2][Sn]([CH2]CCC)([CH2]CCC)[c]1nc2c(cc1F)c(=O)c(C(=O)OCC)cn2C1CC1. The second kappa shape index (κ2) is 11.8. The zero-order valence-corrected chi connectivity index (χ0v) is 23.6. The Morgan fingerprint density at radius 1 is 1.09 bits per heavy atom. The van der Waals surface area contributed by atoms with Crippen molar-refractivity contribution in [3.05, 3.63) is 33.9 Å². The standard InChI is InChI=1S/C14H12FN2O3.3C4H9.Sn/c1-2-20-14(19)11-7-17(9-3-4-9)13-10(12(11)18)5-8(15)6-16-13;3*1-3-4-2;/h5,7,9H,2-4H2,1H3;3*1,3-4H2,2H3;. The van der Waals surface area contributed by atoms with E-state index in [1.165, 1.54) is 6.07 Å². The number of pyridine rings is 2. The van der Waals surface area contributed by atoms with Gasteiger partial charge in [0.25, 0.3) is 0 Å². The molecule has 1 aliphatic carbocycles. The molecule has 7 heteroatoms. The predicted octanol–water partition coefficient (Wildman–Crippen LogP) is 6.10. The molecule has 1 aliphatic rings. The predicted molar refractivity (Wildman–Crippen MR) is 135 cm³/mol. The van der Waals surface area contributed by atoms with Crippen LogP contribution in [0.15, 0.2) is 17.1 Å². The van der Waals surface area contributed by atoms with Gasteiger partial charge >= 0.3 is 201 Å². The summed E-state index contributed by atoms with van der Waals surface area (Å²) in [6.07, 6.45) is 10.2. The molecule has 0 spiro atoms. The fraction of sp³-hybridized carbons (Fsp3) is 0.654. The summed E-state index contributed by atoms with van der Waals surface area (Å²) in [7, 11) is 0. The van der Waals surface area contributed by atoms with E-state index in [2.05, 4.69) is 20.8 Å². The molecule has 0 radical (unpaired) electrons. The molecule has 2 aromatic heterocycles. The van der Waals surface area contributed by atoms with Gasteiger partial charge in [0, 0.05) is 0 Å². The third-order valence-electron chi connectivity index (χ3n) is 6.92. The monoisotopic (exact) mass is 566 g/mol. The second-order valence-electron chi connectivity index (χ2n) is 9.51. The first-order valence-corrected chi connectivity index (χ1v) is 20.3. The summed E-state index contributed by atoms with van der Waals surface area (Å²) < 4.78 is 26.9. The van der Waals surface area contributed by atoms with Crippen LogP contribution >= 0.6 is 0 Å². The van der Waals surface area contributed by atoms with Gasteiger partial charge < -0.3 is 0 Å². The minimum absolute atomic E-state index is 0.0251. The molecule has 0 aliphatic heterocycles. The van der Waals surface area contributed by atoms with E-state index < -0.39 is 29.8 Å². The number of fused-ring (bicyclic) bond motifs is 1.